The summed E-state index contributed by atoms with van der Waals surface area (Å²) in [4.78, 5) is 14.6. The van der Waals surface area contributed by atoms with Gasteiger partial charge >= 0.3 is 5.97 Å². The SMILES string of the molecule is CN(C)CCCOC(=O)c1cc2cc(N)ccc2s1. The van der Waals surface area contributed by atoms with E-state index in [9.17, 15) is 4.79 Å². The van der Waals surface area contributed by atoms with Crippen molar-refractivity contribution in [2.24, 2.45) is 0 Å². The van der Waals surface area contributed by atoms with Crippen LogP contribution in [0.1, 0.15) is 16.1 Å². The van der Waals surface area contributed by atoms with Crippen molar-refractivity contribution in [2.75, 3.05) is 33.0 Å². The number of hydrogen-bond donors (Lipinski definition) is 1. The Hall–Kier alpha value is -1.59. The Bertz CT molecular complexity index is 578. The quantitative estimate of drug-likeness (QED) is 0.519. The van der Waals surface area contributed by atoms with Gasteiger partial charge in [-0.3, -0.25) is 0 Å². The Labute approximate surface area is 116 Å². The van der Waals surface area contributed by atoms with Gasteiger partial charge in [-0.25, -0.2) is 4.79 Å². The molecule has 5 heteroatoms. The molecular weight excluding hydrogens is 260 g/mol. The first-order valence-corrected chi connectivity index (χ1v) is 6.99. The van der Waals surface area contributed by atoms with Gasteiger partial charge in [-0.15, -0.1) is 11.3 Å². The molecule has 0 spiro atoms. The van der Waals surface area contributed by atoms with Crippen LogP contribution in [0.4, 0.5) is 5.69 Å². The minimum absolute atomic E-state index is 0.251. The molecule has 0 saturated carbocycles. The highest BCUT2D eigenvalue weighted by Gasteiger charge is 2.11. The van der Waals surface area contributed by atoms with Gasteiger partial charge in [0.1, 0.15) is 4.88 Å². The second-order valence-electron chi connectivity index (χ2n) is 4.70. The average molecular weight is 278 g/mol. The van der Waals surface area contributed by atoms with Gasteiger partial charge in [-0.05, 0) is 50.2 Å². The Morgan fingerprint density at radius 2 is 2.16 bits per heavy atom. The molecular formula is C14H18N2O2S. The van der Waals surface area contributed by atoms with Crippen LogP contribution in [0.25, 0.3) is 10.1 Å². The van der Waals surface area contributed by atoms with Crippen molar-refractivity contribution in [1.29, 1.82) is 0 Å². The molecule has 2 rings (SSSR count). The molecule has 19 heavy (non-hydrogen) atoms. The maximum atomic E-state index is 11.9. The lowest BCUT2D eigenvalue weighted by atomic mass is 10.2. The number of carbonyl (C=O) groups excluding carboxylic acids is 1. The summed E-state index contributed by atoms with van der Waals surface area (Å²) >= 11 is 1.44. The molecule has 0 atom stereocenters. The molecule has 0 bridgehead atoms. The van der Waals surface area contributed by atoms with Crippen LogP contribution in [0.3, 0.4) is 0 Å². The van der Waals surface area contributed by atoms with E-state index in [2.05, 4.69) is 4.90 Å². The Morgan fingerprint density at radius 3 is 2.89 bits per heavy atom. The van der Waals surface area contributed by atoms with Crippen molar-refractivity contribution in [1.82, 2.24) is 4.90 Å². The number of ether oxygens (including phenoxy) is 1. The van der Waals surface area contributed by atoms with Gasteiger partial charge in [-0.2, -0.15) is 0 Å². The van der Waals surface area contributed by atoms with Gasteiger partial charge in [0.05, 0.1) is 6.61 Å². The lowest BCUT2D eigenvalue weighted by molar-refractivity contribution is 0.0499. The summed E-state index contributed by atoms with van der Waals surface area (Å²) in [5.41, 5.74) is 6.42. The molecule has 2 aromatic rings. The maximum Gasteiger partial charge on any atom is 0.348 e. The van der Waals surface area contributed by atoms with Crippen molar-refractivity contribution in [2.45, 2.75) is 6.42 Å². The number of rotatable bonds is 5. The van der Waals surface area contributed by atoms with Crippen molar-refractivity contribution in [3.8, 4) is 0 Å². The second kappa shape index (κ2) is 6.04. The third kappa shape index (κ3) is 3.68. The van der Waals surface area contributed by atoms with Crippen LogP contribution in [0.5, 0.6) is 0 Å². The normalized spacial score (nSPS) is 11.1. The number of nitrogens with two attached hydrogens (primary N) is 1. The van der Waals surface area contributed by atoms with E-state index < -0.39 is 0 Å². The molecule has 2 N–H and O–H groups in total. The highest BCUT2D eigenvalue weighted by molar-refractivity contribution is 7.20. The van der Waals surface area contributed by atoms with Crippen molar-refractivity contribution in [3.05, 3.63) is 29.1 Å². The van der Waals surface area contributed by atoms with Gasteiger partial charge in [0.25, 0.3) is 0 Å². The van der Waals surface area contributed by atoms with Gasteiger partial charge < -0.3 is 15.4 Å². The highest BCUT2D eigenvalue weighted by Crippen LogP contribution is 2.27. The van der Waals surface area contributed by atoms with Gasteiger partial charge in [0.15, 0.2) is 0 Å². The summed E-state index contributed by atoms with van der Waals surface area (Å²) < 4.78 is 6.30. The van der Waals surface area contributed by atoms with Crippen LogP contribution in [0.15, 0.2) is 24.3 Å². The van der Waals surface area contributed by atoms with Crippen molar-refractivity contribution < 1.29 is 9.53 Å². The fraction of sp³-hybridized carbons (Fsp3) is 0.357. The van der Waals surface area contributed by atoms with Crippen LogP contribution in [-0.4, -0.2) is 38.1 Å². The Morgan fingerprint density at radius 1 is 1.37 bits per heavy atom. The number of nitrogen functional groups attached to an aromatic ring is 1. The predicted molar refractivity (Wildman–Crippen MR) is 79.7 cm³/mol. The topological polar surface area (TPSA) is 55.6 Å². The molecule has 0 amide bonds. The number of thiophene rings is 1. The second-order valence-corrected chi connectivity index (χ2v) is 5.78. The number of benzene rings is 1. The summed E-state index contributed by atoms with van der Waals surface area (Å²) in [6.45, 7) is 1.36. The molecule has 1 heterocycles. The molecule has 1 aromatic heterocycles. The standard InChI is InChI=1S/C14H18N2O2S/c1-16(2)6-3-7-18-14(17)13-9-10-8-11(15)4-5-12(10)19-13/h4-5,8-9H,3,6-7,15H2,1-2H3. The van der Waals surface area contributed by atoms with Gasteiger partial charge in [0, 0.05) is 16.9 Å². The third-order valence-corrected chi connectivity index (χ3v) is 3.82. The lowest BCUT2D eigenvalue weighted by Crippen LogP contribution is -2.16. The van der Waals surface area contributed by atoms with Gasteiger partial charge in [0.2, 0.25) is 0 Å². The number of fused-ring (bicyclic) bond motifs is 1. The molecule has 0 aliphatic rings. The number of carbonyl (C=O) groups is 1. The Kier molecular flexibility index (Phi) is 4.39. The molecule has 102 valence electrons. The average Bonchev–Trinajstić information content (AvgIpc) is 2.77. The van der Waals surface area contributed by atoms with Crippen molar-refractivity contribution in [3.63, 3.8) is 0 Å². The first kappa shape index (κ1) is 13.8. The zero-order chi connectivity index (χ0) is 13.8. The molecule has 4 nitrogen and oxygen atoms in total. The molecule has 0 unspecified atom stereocenters. The van der Waals surface area contributed by atoms with E-state index in [0.29, 0.717) is 17.2 Å². The zero-order valence-electron chi connectivity index (χ0n) is 11.2. The minimum atomic E-state index is -0.251. The monoisotopic (exact) mass is 278 g/mol. The number of nitrogens with zero attached hydrogens (tertiary/aromatic N) is 1. The third-order valence-electron chi connectivity index (χ3n) is 2.72. The summed E-state index contributed by atoms with van der Waals surface area (Å²) in [6.07, 6.45) is 0.844. The molecule has 1 aromatic carbocycles. The molecule has 0 radical (unpaired) electrons. The zero-order valence-corrected chi connectivity index (χ0v) is 12.0. The predicted octanol–water partition coefficient (Wildman–Crippen LogP) is 2.59. The van der Waals surface area contributed by atoms with Crippen LogP contribution in [-0.2, 0) is 4.74 Å². The molecule has 0 aliphatic carbocycles. The summed E-state index contributed by atoms with van der Waals surface area (Å²) in [5.74, 6) is -0.251. The lowest BCUT2D eigenvalue weighted by Gasteiger charge is -2.08. The van der Waals surface area contributed by atoms with Crippen LogP contribution in [0.2, 0.25) is 0 Å². The minimum Gasteiger partial charge on any atom is -0.461 e. The van der Waals surface area contributed by atoms with E-state index >= 15 is 0 Å². The first-order chi connectivity index (χ1) is 9.06. The Balaban J connectivity index is 1.97. The number of hydrogen-bond acceptors (Lipinski definition) is 5. The fourth-order valence-electron chi connectivity index (χ4n) is 1.78. The van der Waals surface area contributed by atoms with E-state index in [0.717, 1.165) is 23.1 Å². The van der Waals surface area contributed by atoms with E-state index in [1.807, 2.05) is 38.4 Å². The fourth-order valence-corrected chi connectivity index (χ4v) is 2.72. The number of esters is 1. The largest absolute Gasteiger partial charge is 0.461 e. The smallest absolute Gasteiger partial charge is 0.348 e. The molecule has 0 saturated heterocycles. The summed E-state index contributed by atoms with van der Waals surface area (Å²) in [7, 11) is 4.00. The van der Waals surface area contributed by atoms with Crippen LogP contribution in [0, 0.1) is 0 Å². The van der Waals surface area contributed by atoms with Gasteiger partial charge in [-0.1, -0.05) is 0 Å². The first-order valence-electron chi connectivity index (χ1n) is 6.17. The highest BCUT2D eigenvalue weighted by atomic mass is 32.1. The molecule has 0 aliphatic heterocycles. The number of anilines is 1. The van der Waals surface area contributed by atoms with Crippen LogP contribution >= 0.6 is 11.3 Å². The van der Waals surface area contributed by atoms with E-state index in [-0.39, 0.29) is 5.97 Å². The summed E-state index contributed by atoms with van der Waals surface area (Å²) in [6, 6.07) is 7.47. The van der Waals surface area contributed by atoms with Crippen molar-refractivity contribution >= 4 is 33.1 Å². The van der Waals surface area contributed by atoms with Crippen LogP contribution < -0.4 is 5.73 Å². The summed E-state index contributed by atoms with van der Waals surface area (Å²) in [5, 5.41) is 0.991. The molecule has 0 fully saturated rings. The van der Waals surface area contributed by atoms with E-state index in [1.54, 1.807) is 0 Å². The van der Waals surface area contributed by atoms with E-state index in [4.69, 9.17) is 10.5 Å². The van der Waals surface area contributed by atoms with E-state index in [1.165, 1.54) is 11.3 Å². The maximum absolute atomic E-state index is 11.9.